The van der Waals surface area contributed by atoms with Crippen LogP contribution < -0.4 is 9.47 Å². The number of nitrogens with zero attached hydrogens (tertiary/aromatic N) is 3. The predicted octanol–water partition coefficient (Wildman–Crippen LogP) is 2.33. The number of rotatable bonds is 5. The van der Waals surface area contributed by atoms with Crippen LogP contribution in [0.2, 0.25) is 0 Å². The largest absolute Gasteiger partial charge is 0.473 e. The monoisotopic (exact) mass is 377 g/mol. The summed E-state index contributed by atoms with van der Waals surface area (Å²) in [6.45, 7) is 4.66. The van der Waals surface area contributed by atoms with E-state index in [1.165, 1.54) is 11.4 Å². The van der Waals surface area contributed by atoms with Gasteiger partial charge in [0.1, 0.15) is 6.10 Å². The zero-order chi connectivity index (χ0) is 18.7. The van der Waals surface area contributed by atoms with Crippen molar-refractivity contribution in [2.24, 2.45) is 0 Å². The van der Waals surface area contributed by atoms with Crippen LogP contribution in [0, 0.1) is 13.8 Å². The van der Waals surface area contributed by atoms with E-state index in [1.54, 1.807) is 24.4 Å². The lowest BCUT2D eigenvalue weighted by Gasteiger charge is -2.31. The van der Waals surface area contributed by atoms with Crippen molar-refractivity contribution in [2.75, 3.05) is 20.2 Å². The first-order chi connectivity index (χ1) is 12.4. The molecule has 0 saturated carbocycles. The van der Waals surface area contributed by atoms with Gasteiger partial charge in [0.05, 0.1) is 18.6 Å². The SMILES string of the molecule is COc1nccc(OC2CCCN(S(=O)(=O)c3ccc(C)c(C)c3)C2)n1. The van der Waals surface area contributed by atoms with E-state index in [9.17, 15) is 8.42 Å². The third kappa shape index (κ3) is 3.96. The van der Waals surface area contributed by atoms with Crippen LogP contribution >= 0.6 is 0 Å². The van der Waals surface area contributed by atoms with E-state index in [0.29, 0.717) is 23.9 Å². The molecule has 26 heavy (non-hydrogen) atoms. The zero-order valence-electron chi connectivity index (χ0n) is 15.2. The molecule has 1 fully saturated rings. The predicted molar refractivity (Wildman–Crippen MR) is 96.9 cm³/mol. The summed E-state index contributed by atoms with van der Waals surface area (Å²) in [6, 6.07) is 7.09. The minimum atomic E-state index is -3.54. The van der Waals surface area contributed by atoms with E-state index >= 15 is 0 Å². The molecule has 0 spiro atoms. The smallest absolute Gasteiger partial charge is 0.319 e. The van der Waals surface area contributed by atoms with Gasteiger partial charge in [0.15, 0.2) is 0 Å². The Hall–Kier alpha value is -2.19. The van der Waals surface area contributed by atoms with E-state index in [4.69, 9.17) is 9.47 Å². The summed E-state index contributed by atoms with van der Waals surface area (Å²) < 4.78 is 38.3. The Morgan fingerprint density at radius 1 is 1.19 bits per heavy atom. The quantitative estimate of drug-likeness (QED) is 0.795. The van der Waals surface area contributed by atoms with Crippen molar-refractivity contribution in [3.63, 3.8) is 0 Å². The maximum Gasteiger partial charge on any atom is 0.319 e. The highest BCUT2D eigenvalue weighted by molar-refractivity contribution is 7.89. The average molecular weight is 377 g/mol. The summed E-state index contributed by atoms with van der Waals surface area (Å²) in [6.07, 6.45) is 2.79. The fraction of sp³-hybridized carbons (Fsp3) is 0.444. The summed E-state index contributed by atoms with van der Waals surface area (Å²) in [5.74, 6) is 0.382. The lowest BCUT2D eigenvalue weighted by molar-refractivity contribution is 0.123. The molecular weight excluding hydrogens is 354 g/mol. The van der Waals surface area contributed by atoms with Gasteiger partial charge in [-0.1, -0.05) is 6.07 Å². The molecule has 1 saturated heterocycles. The lowest BCUT2D eigenvalue weighted by Crippen LogP contribution is -2.44. The summed E-state index contributed by atoms with van der Waals surface area (Å²) in [7, 11) is -2.06. The topological polar surface area (TPSA) is 81.6 Å². The Balaban J connectivity index is 1.75. The second-order valence-corrected chi connectivity index (χ2v) is 8.31. The molecule has 0 aliphatic carbocycles. The van der Waals surface area contributed by atoms with Crippen LogP contribution in [0.3, 0.4) is 0 Å². The van der Waals surface area contributed by atoms with Crippen molar-refractivity contribution in [1.82, 2.24) is 14.3 Å². The Morgan fingerprint density at radius 2 is 2.00 bits per heavy atom. The average Bonchev–Trinajstić information content (AvgIpc) is 2.64. The number of benzene rings is 1. The van der Waals surface area contributed by atoms with Gasteiger partial charge in [0, 0.05) is 18.8 Å². The number of aromatic nitrogens is 2. The number of sulfonamides is 1. The van der Waals surface area contributed by atoms with Gasteiger partial charge >= 0.3 is 6.01 Å². The van der Waals surface area contributed by atoms with E-state index in [0.717, 1.165) is 24.0 Å². The molecule has 1 aliphatic heterocycles. The Kier molecular flexibility index (Phi) is 5.43. The molecule has 1 unspecified atom stereocenters. The number of ether oxygens (including phenoxy) is 2. The van der Waals surface area contributed by atoms with Crippen LogP contribution in [0.15, 0.2) is 35.4 Å². The van der Waals surface area contributed by atoms with Crippen LogP contribution in [0.5, 0.6) is 11.9 Å². The van der Waals surface area contributed by atoms with Crippen molar-refractivity contribution in [3.8, 4) is 11.9 Å². The first-order valence-electron chi connectivity index (χ1n) is 8.51. The molecule has 1 atom stereocenters. The van der Waals surface area contributed by atoms with Crippen LogP contribution in [0.1, 0.15) is 24.0 Å². The minimum absolute atomic E-state index is 0.220. The standard InChI is InChI=1S/C18H23N3O4S/c1-13-6-7-16(11-14(13)2)26(22,23)21-10-4-5-15(12-21)25-17-8-9-19-18(20-17)24-3/h6-9,11,15H,4-5,10,12H2,1-3H3. The highest BCUT2D eigenvalue weighted by atomic mass is 32.2. The second-order valence-electron chi connectivity index (χ2n) is 6.37. The van der Waals surface area contributed by atoms with Gasteiger partial charge in [0.2, 0.25) is 15.9 Å². The van der Waals surface area contributed by atoms with Crippen molar-refractivity contribution in [3.05, 3.63) is 41.6 Å². The van der Waals surface area contributed by atoms with Gasteiger partial charge in [0.25, 0.3) is 0 Å². The van der Waals surface area contributed by atoms with Gasteiger partial charge in [-0.15, -0.1) is 0 Å². The van der Waals surface area contributed by atoms with Crippen molar-refractivity contribution < 1.29 is 17.9 Å². The fourth-order valence-electron chi connectivity index (χ4n) is 2.90. The van der Waals surface area contributed by atoms with Gasteiger partial charge in [-0.05, 0) is 49.9 Å². The summed E-state index contributed by atoms with van der Waals surface area (Å²) >= 11 is 0. The van der Waals surface area contributed by atoms with E-state index in [2.05, 4.69) is 9.97 Å². The normalized spacial score (nSPS) is 18.5. The number of aryl methyl sites for hydroxylation is 2. The molecule has 1 aromatic heterocycles. The number of methoxy groups -OCH3 is 1. The number of piperidine rings is 1. The Labute approximate surface area is 154 Å². The third-order valence-corrected chi connectivity index (χ3v) is 6.40. The molecule has 7 nitrogen and oxygen atoms in total. The van der Waals surface area contributed by atoms with Gasteiger partial charge in [-0.25, -0.2) is 13.4 Å². The van der Waals surface area contributed by atoms with Gasteiger partial charge in [-0.2, -0.15) is 9.29 Å². The van der Waals surface area contributed by atoms with Crippen LogP contribution in [0.4, 0.5) is 0 Å². The van der Waals surface area contributed by atoms with Crippen molar-refractivity contribution in [2.45, 2.75) is 37.7 Å². The number of hydrogen-bond acceptors (Lipinski definition) is 6. The molecule has 0 amide bonds. The molecule has 140 valence electrons. The third-order valence-electron chi connectivity index (χ3n) is 4.53. The molecule has 1 aromatic carbocycles. The molecule has 1 aliphatic rings. The zero-order valence-corrected chi connectivity index (χ0v) is 16.0. The van der Waals surface area contributed by atoms with Crippen molar-refractivity contribution in [1.29, 1.82) is 0 Å². The van der Waals surface area contributed by atoms with Crippen molar-refractivity contribution >= 4 is 10.0 Å². The minimum Gasteiger partial charge on any atom is -0.473 e. The molecule has 8 heteroatoms. The molecule has 2 aromatic rings. The first-order valence-corrected chi connectivity index (χ1v) is 9.95. The van der Waals surface area contributed by atoms with E-state index < -0.39 is 10.0 Å². The molecular formula is C18H23N3O4S. The second kappa shape index (κ2) is 7.59. The summed E-state index contributed by atoms with van der Waals surface area (Å²) in [4.78, 5) is 8.39. The molecule has 0 radical (unpaired) electrons. The lowest BCUT2D eigenvalue weighted by atomic mass is 10.1. The van der Waals surface area contributed by atoms with Crippen LogP contribution in [-0.4, -0.2) is 49.0 Å². The Bertz CT molecular complexity index is 886. The maximum absolute atomic E-state index is 13.0. The fourth-order valence-corrected chi connectivity index (χ4v) is 4.50. The highest BCUT2D eigenvalue weighted by Gasteiger charge is 2.31. The Morgan fingerprint density at radius 3 is 2.73 bits per heavy atom. The number of hydrogen-bond donors (Lipinski definition) is 0. The summed E-state index contributed by atoms with van der Waals surface area (Å²) in [5.41, 5.74) is 2.03. The molecule has 0 N–H and O–H groups in total. The van der Waals surface area contributed by atoms with Gasteiger partial charge < -0.3 is 9.47 Å². The van der Waals surface area contributed by atoms with Crippen LogP contribution in [0.25, 0.3) is 0 Å². The first kappa shape index (κ1) is 18.6. The van der Waals surface area contributed by atoms with Gasteiger partial charge in [-0.3, -0.25) is 0 Å². The van der Waals surface area contributed by atoms with Crippen LogP contribution in [-0.2, 0) is 10.0 Å². The summed E-state index contributed by atoms with van der Waals surface area (Å²) in [5, 5.41) is 0. The molecule has 3 rings (SSSR count). The molecule has 0 bridgehead atoms. The van der Waals surface area contributed by atoms with E-state index in [-0.39, 0.29) is 12.1 Å². The van der Waals surface area contributed by atoms with E-state index in [1.807, 2.05) is 19.9 Å². The molecule has 2 heterocycles. The maximum atomic E-state index is 13.0. The highest BCUT2D eigenvalue weighted by Crippen LogP contribution is 2.24.